The lowest BCUT2D eigenvalue weighted by molar-refractivity contribution is 1.14. The zero-order valence-corrected chi connectivity index (χ0v) is 31.5. The summed E-state index contributed by atoms with van der Waals surface area (Å²) in [6, 6.07) is 69.4. The highest BCUT2D eigenvalue weighted by atomic mass is 32.1. The van der Waals surface area contributed by atoms with Crippen LogP contribution in [-0.4, -0.2) is 19.1 Å². The van der Waals surface area contributed by atoms with E-state index < -0.39 is 0 Å². The molecule has 0 spiro atoms. The van der Waals surface area contributed by atoms with Crippen molar-refractivity contribution in [2.24, 2.45) is 0 Å². The van der Waals surface area contributed by atoms with Gasteiger partial charge in [-0.05, 0) is 65.7 Å². The molecule has 266 valence electrons. The van der Waals surface area contributed by atoms with Gasteiger partial charge in [0.2, 0.25) is 0 Å². The molecule has 8 aromatic carbocycles. The Hall–Kier alpha value is -7.34. The second-order valence-corrected chi connectivity index (χ2v) is 15.6. The zero-order chi connectivity index (χ0) is 37.5. The van der Waals surface area contributed by atoms with E-state index in [1.54, 1.807) is 0 Å². The summed E-state index contributed by atoms with van der Waals surface area (Å²) in [6.45, 7) is 0. The first-order valence-corrected chi connectivity index (χ1v) is 20.1. The molecule has 4 heterocycles. The number of para-hydroxylation sites is 4. The van der Waals surface area contributed by atoms with E-state index in [9.17, 15) is 0 Å². The van der Waals surface area contributed by atoms with Crippen LogP contribution >= 0.6 is 11.3 Å². The number of benzene rings is 8. The second kappa shape index (κ2) is 12.6. The van der Waals surface area contributed by atoms with E-state index >= 15 is 0 Å². The van der Waals surface area contributed by atoms with Crippen LogP contribution in [0.3, 0.4) is 0 Å². The van der Waals surface area contributed by atoms with Crippen LogP contribution < -0.4 is 0 Å². The first-order valence-electron chi connectivity index (χ1n) is 19.3. The van der Waals surface area contributed by atoms with Crippen molar-refractivity contribution in [3.63, 3.8) is 0 Å². The molecule has 12 rings (SSSR count). The Morgan fingerprint density at radius 3 is 1.75 bits per heavy atom. The minimum Gasteiger partial charge on any atom is -0.309 e. The van der Waals surface area contributed by atoms with Crippen molar-refractivity contribution in [3.8, 4) is 45.1 Å². The van der Waals surface area contributed by atoms with Gasteiger partial charge in [0.1, 0.15) is 5.52 Å². The lowest BCUT2D eigenvalue weighted by Gasteiger charge is -2.14. The van der Waals surface area contributed by atoms with Crippen LogP contribution in [0.25, 0.3) is 109 Å². The minimum absolute atomic E-state index is 0.688. The molecule has 0 bridgehead atoms. The predicted molar refractivity (Wildman–Crippen MR) is 240 cm³/mol. The maximum absolute atomic E-state index is 5.56. The molecule has 0 aliphatic carbocycles. The largest absolute Gasteiger partial charge is 0.309 e. The molecule has 0 aliphatic heterocycles. The summed E-state index contributed by atoms with van der Waals surface area (Å²) >= 11 is 1.86. The summed E-state index contributed by atoms with van der Waals surface area (Å²) in [7, 11) is 0. The van der Waals surface area contributed by atoms with E-state index in [2.05, 4.69) is 203 Å². The van der Waals surface area contributed by atoms with Crippen LogP contribution in [0.15, 0.2) is 194 Å². The van der Waals surface area contributed by atoms with Gasteiger partial charge in [-0.15, -0.1) is 11.3 Å². The summed E-state index contributed by atoms with van der Waals surface area (Å²) in [4.78, 5) is 11.0. The summed E-state index contributed by atoms with van der Waals surface area (Å²) < 4.78 is 7.28. The first kappa shape index (κ1) is 32.0. The van der Waals surface area contributed by atoms with Crippen LogP contribution in [0.4, 0.5) is 0 Å². The van der Waals surface area contributed by atoms with E-state index in [0.29, 0.717) is 5.82 Å². The SMILES string of the molecule is c1ccc(-n2c3ccccc3c3nc(-c4cccc(-n5c6ccccc6c6ccccc65)c4)nc(-c4cccc(-c5cccc6c5sc5ccccc56)c4)c32)cc1. The molecule has 0 unspecified atom stereocenters. The fourth-order valence-electron chi connectivity index (χ4n) is 8.81. The van der Waals surface area contributed by atoms with Gasteiger partial charge in [0.05, 0.1) is 27.8 Å². The van der Waals surface area contributed by atoms with Gasteiger partial charge in [-0.25, -0.2) is 9.97 Å². The molecule has 0 fully saturated rings. The lowest BCUT2D eigenvalue weighted by atomic mass is 9.99. The molecule has 0 aliphatic rings. The summed E-state index contributed by atoms with van der Waals surface area (Å²) in [6.07, 6.45) is 0. The van der Waals surface area contributed by atoms with Crippen molar-refractivity contribution in [2.45, 2.75) is 0 Å². The molecule has 57 heavy (non-hydrogen) atoms. The van der Waals surface area contributed by atoms with E-state index in [1.807, 2.05) is 11.3 Å². The van der Waals surface area contributed by atoms with Crippen molar-refractivity contribution >= 4 is 75.3 Å². The summed E-state index contributed by atoms with van der Waals surface area (Å²) in [5.74, 6) is 0.688. The maximum Gasteiger partial charge on any atom is 0.160 e. The Kier molecular flexibility index (Phi) is 7.06. The predicted octanol–water partition coefficient (Wildman–Crippen LogP) is 14.0. The van der Waals surface area contributed by atoms with Crippen molar-refractivity contribution in [3.05, 3.63) is 194 Å². The van der Waals surface area contributed by atoms with Gasteiger partial charge in [0, 0.05) is 58.8 Å². The van der Waals surface area contributed by atoms with Gasteiger partial charge < -0.3 is 9.13 Å². The molecular weight excluding hydrogens is 713 g/mol. The van der Waals surface area contributed by atoms with Crippen LogP contribution in [0.5, 0.6) is 0 Å². The zero-order valence-electron chi connectivity index (χ0n) is 30.7. The van der Waals surface area contributed by atoms with Crippen LogP contribution in [0.1, 0.15) is 0 Å². The molecular formula is C52H32N4S. The Labute approximate surface area is 332 Å². The standard InChI is InChI=1S/C52H32N4S/c1-2-18-36(19-3-1)56-46-29-10-6-24-43(46)49-50(56)48(34-16-12-15-33(31-34)38-25-14-26-42-41-23-7-11-30-47(41)57-51(38)42)53-52(54-49)35-17-13-20-37(32-35)55-44-27-8-4-21-39(44)40-22-5-9-28-45(40)55/h1-32H. The third kappa shape index (κ3) is 4.93. The first-order chi connectivity index (χ1) is 28.3. The van der Waals surface area contributed by atoms with Gasteiger partial charge in [-0.2, -0.15) is 0 Å². The number of hydrogen-bond donors (Lipinski definition) is 0. The second-order valence-electron chi connectivity index (χ2n) is 14.6. The van der Waals surface area contributed by atoms with Crippen molar-refractivity contribution < 1.29 is 0 Å². The molecule has 0 amide bonds. The third-order valence-electron chi connectivity index (χ3n) is 11.3. The van der Waals surface area contributed by atoms with Gasteiger partial charge in [-0.1, -0.05) is 140 Å². The highest BCUT2D eigenvalue weighted by Crippen LogP contribution is 2.43. The Morgan fingerprint density at radius 2 is 0.965 bits per heavy atom. The number of nitrogens with zero attached hydrogens (tertiary/aromatic N) is 4. The molecule has 0 atom stereocenters. The van der Waals surface area contributed by atoms with Gasteiger partial charge >= 0.3 is 0 Å². The number of aromatic nitrogens is 4. The molecule has 0 saturated carbocycles. The number of fused-ring (bicyclic) bond motifs is 9. The molecule has 0 N–H and O–H groups in total. The number of thiophene rings is 1. The van der Waals surface area contributed by atoms with E-state index in [-0.39, 0.29) is 0 Å². The molecule has 12 aromatic rings. The van der Waals surface area contributed by atoms with Crippen molar-refractivity contribution in [2.75, 3.05) is 0 Å². The topological polar surface area (TPSA) is 35.6 Å². The molecule has 0 radical (unpaired) electrons. The fourth-order valence-corrected chi connectivity index (χ4v) is 10.1. The molecule has 5 heteroatoms. The number of hydrogen-bond acceptors (Lipinski definition) is 3. The summed E-state index contributed by atoms with van der Waals surface area (Å²) in [5.41, 5.74) is 12.8. The van der Waals surface area contributed by atoms with E-state index in [4.69, 9.17) is 9.97 Å². The Balaban J connectivity index is 1.12. The molecule has 4 aromatic heterocycles. The molecule has 4 nitrogen and oxygen atoms in total. The third-order valence-corrected chi connectivity index (χ3v) is 12.5. The quantitative estimate of drug-likeness (QED) is 0.176. The maximum atomic E-state index is 5.56. The Bertz CT molecular complexity index is 3480. The van der Waals surface area contributed by atoms with E-state index in [0.717, 1.165) is 55.7 Å². The number of rotatable bonds is 5. The average Bonchev–Trinajstić information content (AvgIpc) is 3.94. The highest BCUT2D eigenvalue weighted by Gasteiger charge is 2.22. The Morgan fingerprint density at radius 1 is 0.386 bits per heavy atom. The van der Waals surface area contributed by atoms with Gasteiger partial charge in [-0.3, -0.25) is 0 Å². The smallest absolute Gasteiger partial charge is 0.160 e. The van der Waals surface area contributed by atoms with Crippen LogP contribution in [0.2, 0.25) is 0 Å². The van der Waals surface area contributed by atoms with Crippen LogP contribution in [0, 0.1) is 0 Å². The van der Waals surface area contributed by atoms with E-state index in [1.165, 1.54) is 47.5 Å². The minimum atomic E-state index is 0.688. The summed E-state index contributed by atoms with van der Waals surface area (Å²) in [5, 5.41) is 6.15. The molecule has 0 saturated heterocycles. The average molecular weight is 745 g/mol. The van der Waals surface area contributed by atoms with Gasteiger partial charge in [0.15, 0.2) is 5.82 Å². The normalized spacial score (nSPS) is 11.9. The lowest BCUT2D eigenvalue weighted by Crippen LogP contribution is -2.00. The fraction of sp³-hybridized carbons (Fsp3) is 0. The van der Waals surface area contributed by atoms with Crippen molar-refractivity contribution in [1.29, 1.82) is 0 Å². The monoisotopic (exact) mass is 744 g/mol. The van der Waals surface area contributed by atoms with Crippen LogP contribution in [-0.2, 0) is 0 Å². The van der Waals surface area contributed by atoms with Gasteiger partial charge in [0.25, 0.3) is 0 Å². The highest BCUT2D eigenvalue weighted by molar-refractivity contribution is 7.26. The van der Waals surface area contributed by atoms with Crippen molar-refractivity contribution in [1.82, 2.24) is 19.1 Å².